The van der Waals surface area contributed by atoms with Crippen molar-refractivity contribution in [1.29, 1.82) is 0 Å². The first-order valence-corrected chi connectivity index (χ1v) is 8.93. The first-order valence-electron chi connectivity index (χ1n) is 7.61. The highest BCUT2D eigenvalue weighted by Crippen LogP contribution is 2.34. The molecule has 132 valence electrons. The van der Waals surface area contributed by atoms with E-state index in [-0.39, 0.29) is 16.3 Å². The highest BCUT2D eigenvalue weighted by Gasteiger charge is 2.33. The molecule has 4 nitrogen and oxygen atoms in total. The summed E-state index contributed by atoms with van der Waals surface area (Å²) in [6.07, 6.45) is -3.78. The van der Waals surface area contributed by atoms with Crippen LogP contribution in [0.25, 0.3) is 22.6 Å². The maximum Gasteiger partial charge on any atom is 0.417 e. The Morgan fingerprint density at radius 3 is 2.60 bits per heavy atom. The van der Waals surface area contributed by atoms with Crippen LogP contribution in [0.3, 0.4) is 0 Å². The molecule has 1 unspecified atom stereocenters. The van der Waals surface area contributed by atoms with Crippen molar-refractivity contribution in [2.24, 2.45) is 7.05 Å². The molecule has 0 spiro atoms. The van der Waals surface area contributed by atoms with Crippen molar-refractivity contribution in [2.45, 2.75) is 24.9 Å². The van der Waals surface area contributed by atoms with Gasteiger partial charge in [0.05, 0.1) is 32.3 Å². The van der Waals surface area contributed by atoms with E-state index in [4.69, 9.17) is 0 Å². The van der Waals surface area contributed by atoms with E-state index in [1.54, 1.807) is 18.5 Å². The summed E-state index contributed by atoms with van der Waals surface area (Å²) in [5, 5.41) is 0. The molecule has 0 aliphatic heterocycles. The maximum atomic E-state index is 13.0. The molecule has 2 heterocycles. The minimum absolute atomic E-state index is 0.0486. The topological polar surface area (TPSA) is 47.8 Å². The lowest BCUT2D eigenvalue weighted by molar-refractivity contribution is -0.138. The van der Waals surface area contributed by atoms with Gasteiger partial charge in [0.15, 0.2) is 5.82 Å². The van der Waals surface area contributed by atoms with Crippen LogP contribution in [-0.2, 0) is 24.0 Å². The van der Waals surface area contributed by atoms with Gasteiger partial charge in [0, 0.05) is 19.0 Å². The van der Waals surface area contributed by atoms with Crippen molar-refractivity contribution in [3.05, 3.63) is 41.6 Å². The van der Waals surface area contributed by atoms with Crippen LogP contribution < -0.4 is 0 Å². The van der Waals surface area contributed by atoms with Crippen molar-refractivity contribution in [3.63, 3.8) is 0 Å². The van der Waals surface area contributed by atoms with Crippen LogP contribution in [0, 0.1) is 6.92 Å². The molecule has 0 saturated heterocycles. The van der Waals surface area contributed by atoms with E-state index in [2.05, 4.69) is 9.97 Å². The molecular formula is C17H16F3N3OS. The zero-order valence-electron chi connectivity index (χ0n) is 13.9. The number of nitrogens with zero attached hydrogens (tertiary/aromatic N) is 3. The highest BCUT2D eigenvalue weighted by atomic mass is 32.2. The van der Waals surface area contributed by atoms with Crippen LogP contribution in [0.15, 0.2) is 35.4 Å². The quantitative estimate of drug-likeness (QED) is 0.701. The van der Waals surface area contributed by atoms with E-state index in [0.717, 1.165) is 23.3 Å². The summed E-state index contributed by atoms with van der Waals surface area (Å²) in [5.41, 5.74) is 1.87. The minimum Gasteiger partial charge on any atom is -0.326 e. The summed E-state index contributed by atoms with van der Waals surface area (Å²) < 4.78 is 53.1. The van der Waals surface area contributed by atoms with Gasteiger partial charge in [-0.3, -0.25) is 9.19 Å². The molecule has 0 aliphatic rings. The fraction of sp³-hybridized carbons (Fsp3) is 0.294. The Kier molecular flexibility index (Phi) is 4.40. The van der Waals surface area contributed by atoms with E-state index in [1.165, 1.54) is 0 Å². The maximum absolute atomic E-state index is 13.0. The van der Waals surface area contributed by atoms with Gasteiger partial charge >= 0.3 is 6.18 Å². The monoisotopic (exact) mass is 367 g/mol. The van der Waals surface area contributed by atoms with Gasteiger partial charge in [0.2, 0.25) is 0 Å². The van der Waals surface area contributed by atoms with E-state index >= 15 is 0 Å². The lowest BCUT2D eigenvalue weighted by Gasteiger charge is -2.12. The number of hydrogen-bond donors (Lipinski definition) is 0. The number of hydrogen-bond acceptors (Lipinski definition) is 3. The highest BCUT2D eigenvalue weighted by molar-refractivity contribution is 7.85. The molecule has 0 bridgehead atoms. The molecule has 3 aromatic rings. The number of rotatable bonds is 3. The van der Waals surface area contributed by atoms with Gasteiger partial charge in [-0.25, -0.2) is 4.98 Å². The second-order valence-corrected chi connectivity index (χ2v) is 7.40. The lowest BCUT2D eigenvalue weighted by Crippen LogP contribution is -2.10. The second kappa shape index (κ2) is 6.25. The third-order valence-corrected chi connectivity index (χ3v) is 5.26. The van der Waals surface area contributed by atoms with Crippen molar-refractivity contribution in [1.82, 2.24) is 14.5 Å². The zero-order valence-corrected chi connectivity index (χ0v) is 14.7. The number of benzene rings is 1. The van der Waals surface area contributed by atoms with Crippen LogP contribution in [0.2, 0.25) is 0 Å². The zero-order chi connectivity index (χ0) is 18.4. The van der Waals surface area contributed by atoms with E-state index in [1.807, 2.05) is 25.1 Å². The molecule has 8 heteroatoms. The number of halogens is 3. The predicted octanol–water partition coefficient (Wildman–Crippen LogP) is 4.09. The Labute approximate surface area is 145 Å². The van der Waals surface area contributed by atoms with Crippen molar-refractivity contribution in [2.75, 3.05) is 5.75 Å². The van der Waals surface area contributed by atoms with Crippen LogP contribution in [-0.4, -0.2) is 24.5 Å². The first kappa shape index (κ1) is 17.6. The Bertz CT molecular complexity index is 979. The Balaban J connectivity index is 2.26. The molecule has 0 fully saturated rings. The molecule has 0 saturated carbocycles. The molecule has 0 N–H and O–H groups in total. The number of aromatic nitrogens is 3. The van der Waals surface area contributed by atoms with Gasteiger partial charge in [0.25, 0.3) is 0 Å². The van der Waals surface area contributed by atoms with Crippen LogP contribution in [0.4, 0.5) is 13.2 Å². The van der Waals surface area contributed by atoms with Crippen molar-refractivity contribution in [3.8, 4) is 11.5 Å². The molecular weight excluding hydrogens is 351 g/mol. The molecule has 1 atom stereocenters. The fourth-order valence-electron chi connectivity index (χ4n) is 2.62. The van der Waals surface area contributed by atoms with Crippen LogP contribution >= 0.6 is 0 Å². The molecule has 0 aliphatic carbocycles. The first-order chi connectivity index (χ1) is 11.7. The van der Waals surface area contributed by atoms with Gasteiger partial charge in [0.1, 0.15) is 5.69 Å². The summed E-state index contributed by atoms with van der Waals surface area (Å²) in [6.45, 7) is 3.58. The third-order valence-electron chi connectivity index (χ3n) is 3.94. The summed E-state index contributed by atoms with van der Waals surface area (Å²) in [4.78, 5) is 8.51. The lowest BCUT2D eigenvalue weighted by atomic mass is 10.2. The van der Waals surface area contributed by atoms with Gasteiger partial charge in [-0.2, -0.15) is 13.2 Å². The molecule has 0 amide bonds. The number of fused-ring (bicyclic) bond motifs is 1. The van der Waals surface area contributed by atoms with Gasteiger partial charge < -0.3 is 4.57 Å². The average molecular weight is 367 g/mol. The molecule has 25 heavy (non-hydrogen) atoms. The smallest absolute Gasteiger partial charge is 0.326 e. The van der Waals surface area contributed by atoms with Gasteiger partial charge in [-0.15, -0.1) is 0 Å². The largest absolute Gasteiger partial charge is 0.417 e. The predicted molar refractivity (Wildman–Crippen MR) is 90.6 cm³/mol. The Hall–Kier alpha value is -2.22. The van der Waals surface area contributed by atoms with Gasteiger partial charge in [-0.1, -0.05) is 13.0 Å². The van der Waals surface area contributed by atoms with Crippen LogP contribution in [0.1, 0.15) is 18.1 Å². The number of imidazole rings is 1. The fourth-order valence-corrected chi connectivity index (χ4v) is 3.55. The third kappa shape index (κ3) is 3.18. The summed E-state index contributed by atoms with van der Waals surface area (Å²) in [6, 6.07) is 6.62. The number of alkyl halides is 3. The summed E-state index contributed by atoms with van der Waals surface area (Å²) in [5.74, 6) is 0.588. The normalized spacial score (nSPS) is 13.4. The molecule has 1 aromatic carbocycles. The molecule has 2 aromatic heterocycles. The molecule has 0 radical (unpaired) electrons. The standard InChI is InChI=1S/C17H16F3N3OS/c1-4-25(24)14-8-11(17(18,19)20)9-21-15(14)16-22-12-7-10(2)5-6-13(12)23(16)3/h5-9H,4H2,1-3H3. The Morgan fingerprint density at radius 2 is 1.96 bits per heavy atom. The van der Waals surface area contributed by atoms with Crippen molar-refractivity contribution < 1.29 is 17.4 Å². The SMILES string of the molecule is CCS(=O)c1cc(C(F)(F)F)cnc1-c1nc2cc(C)ccc2n1C. The van der Waals surface area contributed by atoms with Gasteiger partial charge in [-0.05, 0) is 30.7 Å². The van der Waals surface area contributed by atoms with E-state index in [0.29, 0.717) is 11.3 Å². The van der Waals surface area contributed by atoms with E-state index in [9.17, 15) is 17.4 Å². The average Bonchev–Trinajstić information content (AvgIpc) is 2.88. The van der Waals surface area contributed by atoms with Crippen LogP contribution in [0.5, 0.6) is 0 Å². The minimum atomic E-state index is -4.54. The molecule has 3 rings (SSSR count). The number of aryl methyl sites for hydroxylation is 2. The number of pyridine rings is 1. The summed E-state index contributed by atoms with van der Waals surface area (Å²) >= 11 is 0. The van der Waals surface area contributed by atoms with Crippen molar-refractivity contribution >= 4 is 21.8 Å². The van der Waals surface area contributed by atoms with E-state index < -0.39 is 22.5 Å². The summed E-state index contributed by atoms with van der Waals surface area (Å²) in [7, 11) is 0.164. The Morgan fingerprint density at radius 1 is 1.24 bits per heavy atom. The second-order valence-electron chi connectivity index (χ2n) is 5.69.